The van der Waals surface area contributed by atoms with Gasteiger partial charge in [0.15, 0.2) is 0 Å². The third kappa shape index (κ3) is 2.57. The monoisotopic (exact) mass is 340 g/mol. The molecule has 0 saturated carbocycles. The van der Waals surface area contributed by atoms with Crippen LogP contribution in [0.5, 0.6) is 0 Å². The Balaban J connectivity index is 2.13. The number of carbonyl (C=O) groups excluding carboxylic acids is 1. The topological polar surface area (TPSA) is 72.1 Å². The molecule has 3 heterocycles. The molecular formula is C18H16N2O3S. The maximum atomic E-state index is 12.6. The molecule has 0 aliphatic carbocycles. The molecule has 24 heavy (non-hydrogen) atoms. The summed E-state index contributed by atoms with van der Waals surface area (Å²) in [7, 11) is 0. The number of pyridine rings is 1. The zero-order valence-corrected chi connectivity index (χ0v) is 14.4. The van der Waals surface area contributed by atoms with E-state index in [1.54, 1.807) is 44.4 Å². The van der Waals surface area contributed by atoms with Gasteiger partial charge in [0.1, 0.15) is 17.2 Å². The van der Waals surface area contributed by atoms with Crippen molar-refractivity contribution in [1.82, 2.24) is 4.57 Å². The van der Waals surface area contributed by atoms with Gasteiger partial charge >= 0.3 is 5.97 Å². The number of hydrogen-bond donors (Lipinski definition) is 0. The Morgan fingerprint density at radius 2 is 2.08 bits per heavy atom. The molecule has 0 radical (unpaired) electrons. The summed E-state index contributed by atoms with van der Waals surface area (Å²) >= 11 is 1.54. The fourth-order valence-electron chi connectivity index (χ4n) is 2.71. The molecule has 6 heteroatoms. The smallest absolute Gasteiger partial charge is 0.339 e. The van der Waals surface area contributed by atoms with E-state index in [0.29, 0.717) is 17.7 Å². The summed E-state index contributed by atoms with van der Waals surface area (Å²) in [6.45, 7) is 5.77. The van der Waals surface area contributed by atoms with Crippen LogP contribution in [0.3, 0.4) is 0 Å². The van der Waals surface area contributed by atoms with Crippen molar-refractivity contribution in [1.29, 1.82) is 5.26 Å². The van der Waals surface area contributed by atoms with Crippen LogP contribution in [0.2, 0.25) is 0 Å². The van der Waals surface area contributed by atoms with Crippen molar-refractivity contribution < 1.29 is 9.53 Å². The Morgan fingerprint density at radius 3 is 2.62 bits per heavy atom. The molecule has 1 aliphatic rings. The largest absolute Gasteiger partial charge is 0.451 e. The molecule has 0 bridgehead atoms. The Labute approximate surface area is 143 Å². The van der Waals surface area contributed by atoms with Gasteiger partial charge < -0.3 is 9.30 Å². The van der Waals surface area contributed by atoms with Crippen LogP contribution >= 0.6 is 11.3 Å². The lowest BCUT2D eigenvalue weighted by atomic mass is 9.92. The second-order valence-corrected chi connectivity index (χ2v) is 7.16. The van der Waals surface area contributed by atoms with Crippen LogP contribution in [0, 0.1) is 11.3 Å². The molecular weight excluding hydrogens is 324 g/mol. The highest BCUT2D eigenvalue weighted by atomic mass is 32.1. The highest BCUT2D eigenvalue weighted by Gasteiger charge is 2.39. The standard InChI is InChI=1S/C18H16N2O3S/c1-11-15(17(22)23-18(11,2)3)13-6-7-20(16(21)14(13)9-19)10-12-5-4-8-24-12/h4-8H,10H2,1-3H3. The molecule has 122 valence electrons. The van der Waals surface area contributed by atoms with Gasteiger partial charge in [0, 0.05) is 16.6 Å². The van der Waals surface area contributed by atoms with Crippen LogP contribution in [0.25, 0.3) is 5.57 Å². The van der Waals surface area contributed by atoms with E-state index in [1.807, 2.05) is 23.6 Å². The number of esters is 1. The SMILES string of the molecule is CC1=C(c2ccn(Cc3cccs3)c(=O)c2C#N)C(=O)OC1(C)C. The summed E-state index contributed by atoms with van der Waals surface area (Å²) < 4.78 is 6.83. The number of hydrogen-bond acceptors (Lipinski definition) is 5. The van der Waals surface area contributed by atoms with E-state index in [4.69, 9.17) is 4.74 Å². The summed E-state index contributed by atoms with van der Waals surface area (Å²) in [5.74, 6) is -0.496. The third-order valence-corrected chi connectivity index (χ3v) is 5.14. The number of carbonyl (C=O) groups is 1. The van der Waals surface area contributed by atoms with Crippen LogP contribution in [0.1, 0.15) is 36.8 Å². The van der Waals surface area contributed by atoms with Gasteiger partial charge in [-0.3, -0.25) is 4.79 Å². The van der Waals surface area contributed by atoms with Crippen LogP contribution in [-0.4, -0.2) is 16.1 Å². The van der Waals surface area contributed by atoms with Crippen LogP contribution in [-0.2, 0) is 16.1 Å². The lowest BCUT2D eigenvalue weighted by Crippen LogP contribution is -2.24. The lowest BCUT2D eigenvalue weighted by Gasteiger charge is -2.18. The molecule has 0 N–H and O–H groups in total. The van der Waals surface area contributed by atoms with Crippen molar-refractivity contribution in [2.45, 2.75) is 32.9 Å². The number of nitrogens with zero attached hydrogens (tertiary/aromatic N) is 2. The van der Waals surface area contributed by atoms with Crippen molar-refractivity contribution in [2.24, 2.45) is 0 Å². The summed E-state index contributed by atoms with van der Waals surface area (Å²) in [5.41, 5.74) is 0.221. The third-order valence-electron chi connectivity index (χ3n) is 4.28. The summed E-state index contributed by atoms with van der Waals surface area (Å²) in [4.78, 5) is 25.9. The van der Waals surface area contributed by atoms with E-state index in [1.165, 1.54) is 4.57 Å². The molecule has 2 aromatic heterocycles. The first-order valence-electron chi connectivity index (χ1n) is 7.46. The maximum Gasteiger partial charge on any atom is 0.339 e. The number of ether oxygens (including phenoxy) is 1. The van der Waals surface area contributed by atoms with E-state index in [-0.39, 0.29) is 5.56 Å². The molecule has 0 amide bonds. The van der Waals surface area contributed by atoms with Crippen molar-refractivity contribution in [3.8, 4) is 6.07 Å². The van der Waals surface area contributed by atoms with Crippen molar-refractivity contribution in [3.05, 3.63) is 61.7 Å². The first-order chi connectivity index (χ1) is 11.3. The molecule has 3 rings (SSSR count). The maximum absolute atomic E-state index is 12.6. The molecule has 0 atom stereocenters. The Hall–Kier alpha value is -2.65. The van der Waals surface area contributed by atoms with Crippen LogP contribution in [0.15, 0.2) is 40.1 Å². The minimum Gasteiger partial charge on any atom is -0.451 e. The van der Waals surface area contributed by atoms with Crippen molar-refractivity contribution >= 4 is 22.9 Å². The number of cyclic esters (lactones) is 1. The van der Waals surface area contributed by atoms with E-state index in [2.05, 4.69) is 0 Å². The normalized spacial score (nSPS) is 16.2. The summed E-state index contributed by atoms with van der Waals surface area (Å²) in [6, 6.07) is 7.45. The number of aromatic nitrogens is 1. The van der Waals surface area contributed by atoms with Gasteiger partial charge in [0.05, 0.1) is 12.1 Å². The van der Waals surface area contributed by atoms with Crippen molar-refractivity contribution in [2.75, 3.05) is 0 Å². The highest BCUT2D eigenvalue weighted by Crippen LogP contribution is 2.37. The van der Waals surface area contributed by atoms with Gasteiger partial charge in [-0.2, -0.15) is 5.26 Å². The van der Waals surface area contributed by atoms with Crippen molar-refractivity contribution in [3.63, 3.8) is 0 Å². The first kappa shape index (κ1) is 16.2. The predicted octanol–water partition coefficient (Wildman–Crippen LogP) is 2.94. The second-order valence-electron chi connectivity index (χ2n) is 6.13. The molecule has 0 spiro atoms. The summed E-state index contributed by atoms with van der Waals surface area (Å²) in [6.07, 6.45) is 1.62. The van der Waals surface area contributed by atoms with Gasteiger partial charge in [-0.25, -0.2) is 4.79 Å². The Bertz CT molecular complexity index is 944. The van der Waals surface area contributed by atoms with Gasteiger partial charge in [0.25, 0.3) is 5.56 Å². The zero-order chi connectivity index (χ0) is 17.5. The van der Waals surface area contributed by atoms with Gasteiger partial charge in [0.2, 0.25) is 0 Å². The highest BCUT2D eigenvalue weighted by molar-refractivity contribution is 7.09. The average Bonchev–Trinajstić information content (AvgIpc) is 3.09. The van der Waals surface area contributed by atoms with Gasteiger partial charge in [-0.15, -0.1) is 11.3 Å². The molecule has 1 aliphatic heterocycles. The Kier molecular flexibility index (Phi) is 3.90. The van der Waals surface area contributed by atoms with Crippen LogP contribution < -0.4 is 5.56 Å². The quantitative estimate of drug-likeness (QED) is 0.805. The molecule has 0 unspecified atom stereocenters. The van der Waals surface area contributed by atoms with Gasteiger partial charge in [-0.1, -0.05) is 6.07 Å². The van der Waals surface area contributed by atoms with Crippen LogP contribution in [0.4, 0.5) is 0 Å². The zero-order valence-electron chi connectivity index (χ0n) is 13.6. The average molecular weight is 340 g/mol. The fraction of sp³-hybridized carbons (Fsp3) is 0.278. The lowest BCUT2D eigenvalue weighted by molar-refractivity contribution is -0.142. The number of nitriles is 1. The van der Waals surface area contributed by atoms with E-state index in [0.717, 1.165) is 10.5 Å². The fourth-order valence-corrected chi connectivity index (χ4v) is 3.41. The minimum atomic E-state index is -0.731. The minimum absolute atomic E-state index is 0.0296. The summed E-state index contributed by atoms with van der Waals surface area (Å²) in [5, 5.41) is 11.4. The van der Waals surface area contributed by atoms with E-state index < -0.39 is 17.1 Å². The van der Waals surface area contributed by atoms with E-state index >= 15 is 0 Å². The number of thiophene rings is 1. The molecule has 2 aromatic rings. The first-order valence-corrected chi connectivity index (χ1v) is 8.34. The van der Waals surface area contributed by atoms with E-state index in [9.17, 15) is 14.9 Å². The van der Waals surface area contributed by atoms with Gasteiger partial charge in [-0.05, 0) is 43.9 Å². The molecule has 0 saturated heterocycles. The second kappa shape index (κ2) is 5.77. The predicted molar refractivity (Wildman–Crippen MR) is 91.6 cm³/mol. The molecule has 0 aromatic carbocycles. The molecule has 0 fully saturated rings. The Morgan fingerprint density at radius 1 is 1.33 bits per heavy atom. The molecule has 5 nitrogen and oxygen atoms in total. The number of rotatable bonds is 3.